The van der Waals surface area contributed by atoms with Crippen molar-refractivity contribution >= 4 is 0 Å². The Morgan fingerprint density at radius 2 is 1.68 bits per heavy atom. The van der Waals surface area contributed by atoms with Crippen molar-refractivity contribution in [1.82, 2.24) is 4.98 Å². The molecule has 5 nitrogen and oxygen atoms in total. The molecule has 0 aliphatic rings. The molecule has 0 fully saturated rings. The lowest BCUT2D eigenvalue weighted by atomic mass is 10.1. The predicted molar refractivity (Wildman–Crippen MR) is 122 cm³/mol. The van der Waals surface area contributed by atoms with Crippen LogP contribution in [0.15, 0.2) is 59.0 Å². The molecule has 0 saturated carbocycles. The summed E-state index contributed by atoms with van der Waals surface area (Å²) in [7, 11) is 0. The van der Waals surface area contributed by atoms with Gasteiger partial charge in [0, 0.05) is 31.6 Å². The highest BCUT2D eigenvalue weighted by Crippen LogP contribution is 2.22. The Bertz CT molecular complexity index is 890. The Morgan fingerprint density at radius 1 is 0.903 bits per heavy atom. The monoisotopic (exact) mass is 423 g/mol. The van der Waals surface area contributed by atoms with Crippen molar-refractivity contribution in [1.29, 1.82) is 0 Å². The Labute approximate surface area is 185 Å². The number of benzene rings is 2. The first-order valence-corrected chi connectivity index (χ1v) is 11.2. The minimum Gasteiger partial charge on any atom is -0.493 e. The van der Waals surface area contributed by atoms with Crippen molar-refractivity contribution in [3.63, 3.8) is 0 Å². The lowest BCUT2D eigenvalue weighted by Crippen LogP contribution is -2.18. The van der Waals surface area contributed by atoms with Gasteiger partial charge in [0.2, 0.25) is 5.89 Å². The SMILES string of the molecule is CCCOC(CCc1ccc(OCCc2nc(-c3ccccc3)oc2C)cc1)OCC. The van der Waals surface area contributed by atoms with Gasteiger partial charge < -0.3 is 18.6 Å². The molecule has 1 unspecified atom stereocenters. The summed E-state index contributed by atoms with van der Waals surface area (Å²) in [5, 5.41) is 0. The summed E-state index contributed by atoms with van der Waals surface area (Å²) < 4.78 is 23.2. The number of oxazole rings is 1. The van der Waals surface area contributed by atoms with Crippen molar-refractivity contribution in [2.45, 2.75) is 52.7 Å². The fourth-order valence-electron chi connectivity index (χ4n) is 3.32. The summed E-state index contributed by atoms with van der Waals surface area (Å²) in [6.45, 7) is 8.00. The van der Waals surface area contributed by atoms with E-state index in [1.54, 1.807) is 0 Å². The van der Waals surface area contributed by atoms with Crippen molar-refractivity contribution < 1.29 is 18.6 Å². The largest absolute Gasteiger partial charge is 0.493 e. The number of ether oxygens (including phenoxy) is 3. The zero-order chi connectivity index (χ0) is 21.9. The maximum absolute atomic E-state index is 5.92. The minimum atomic E-state index is -0.132. The highest BCUT2D eigenvalue weighted by Gasteiger charge is 2.12. The van der Waals surface area contributed by atoms with Crippen LogP contribution in [-0.4, -0.2) is 31.1 Å². The van der Waals surface area contributed by atoms with Gasteiger partial charge in [0.05, 0.1) is 12.3 Å². The molecule has 31 heavy (non-hydrogen) atoms. The molecule has 166 valence electrons. The molecular weight excluding hydrogens is 390 g/mol. The van der Waals surface area contributed by atoms with Crippen LogP contribution < -0.4 is 4.74 Å². The highest BCUT2D eigenvalue weighted by molar-refractivity contribution is 5.53. The second-order valence-corrected chi connectivity index (χ2v) is 7.42. The van der Waals surface area contributed by atoms with Gasteiger partial charge in [-0.2, -0.15) is 0 Å². The van der Waals surface area contributed by atoms with Crippen LogP contribution in [0.5, 0.6) is 5.75 Å². The number of hydrogen-bond donors (Lipinski definition) is 0. The lowest BCUT2D eigenvalue weighted by Gasteiger charge is -2.17. The molecule has 0 N–H and O–H groups in total. The van der Waals surface area contributed by atoms with Crippen molar-refractivity contribution in [3.8, 4) is 17.2 Å². The third-order valence-corrected chi connectivity index (χ3v) is 4.97. The third kappa shape index (κ3) is 7.23. The first-order chi connectivity index (χ1) is 15.2. The van der Waals surface area contributed by atoms with Crippen LogP contribution in [0.4, 0.5) is 0 Å². The van der Waals surface area contributed by atoms with E-state index in [0.29, 0.717) is 25.5 Å². The fourth-order valence-corrected chi connectivity index (χ4v) is 3.32. The topological polar surface area (TPSA) is 53.7 Å². The van der Waals surface area contributed by atoms with Gasteiger partial charge >= 0.3 is 0 Å². The van der Waals surface area contributed by atoms with E-state index in [1.807, 2.05) is 56.3 Å². The van der Waals surface area contributed by atoms with Gasteiger partial charge in [0.15, 0.2) is 6.29 Å². The number of aromatic nitrogens is 1. The maximum Gasteiger partial charge on any atom is 0.226 e. The number of nitrogens with zero attached hydrogens (tertiary/aromatic N) is 1. The van der Waals surface area contributed by atoms with Gasteiger partial charge in [0.25, 0.3) is 0 Å². The van der Waals surface area contributed by atoms with Gasteiger partial charge in [0.1, 0.15) is 11.5 Å². The molecular formula is C26H33NO4. The van der Waals surface area contributed by atoms with Gasteiger partial charge in [-0.25, -0.2) is 4.98 Å². The van der Waals surface area contributed by atoms with Crippen LogP contribution in [0.25, 0.3) is 11.5 Å². The summed E-state index contributed by atoms with van der Waals surface area (Å²) in [6, 6.07) is 18.2. The lowest BCUT2D eigenvalue weighted by molar-refractivity contribution is -0.142. The first kappa shape index (κ1) is 23.0. The van der Waals surface area contributed by atoms with Crippen LogP contribution in [0.2, 0.25) is 0 Å². The van der Waals surface area contributed by atoms with Crippen LogP contribution >= 0.6 is 0 Å². The average Bonchev–Trinajstić information content (AvgIpc) is 3.17. The molecule has 0 radical (unpaired) electrons. The van der Waals surface area contributed by atoms with E-state index in [4.69, 9.17) is 18.6 Å². The minimum absolute atomic E-state index is 0.132. The summed E-state index contributed by atoms with van der Waals surface area (Å²) in [5.41, 5.74) is 3.17. The number of rotatable bonds is 13. The van der Waals surface area contributed by atoms with E-state index in [-0.39, 0.29) is 6.29 Å². The predicted octanol–water partition coefficient (Wildman–Crippen LogP) is 5.99. The van der Waals surface area contributed by atoms with Crippen LogP contribution in [-0.2, 0) is 22.3 Å². The van der Waals surface area contributed by atoms with E-state index < -0.39 is 0 Å². The smallest absolute Gasteiger partial charge is 0.226 e. The van der Waals surface area contributed by atoms with E-state index >= 15 is 0 Å². The molecule has 5 heteroatoms. The number of hydrogen-bond acceptors (Lipinski definition) is 5. The molecule has 0 spiro atoms. The standard InChI is InChI=1S/C26H33NO4/c1-4-18-30-25(28-5-2)16-13-21-11-14-23(15-12-21)29-19-17-24-20(3)31-26(27-24)22-9-7-6-8-10-22/h6-12,14-15,25H,4-5,13,16-19H2,1-3H3. The maximum atomic E-state index is 5.92. The molecule has 0 amide bonds. The normalized spacial score (nSPS) is 12.1. The van der Waals surface area contributed by atoms with Gasteiger partial charge in [-0.3, -0.25) is 0 Å². The van der Waals surface area contributed by atoms with Crippen molar-refractivity contribution in [2.24, 2.45) is 0 Å². The van der Waals surface area contributed by atoms with Crippen molar-refractivity contribution in [3.05, 3.63) is 71.6 Å². The molecule has 1 atom stereocenters. The molecule has 3 rings (SSSR count). The van der Waals surface area contributed by atoms with Crippen LogP contribution in [0, 0.1) is 6.92 Å². The summed E-state index contributed by atoms with van der Waals surface area (Å²) in [6.07, 6.45) is 3.33. The highest BCUT2D eigenvalue weighted by atomic mass is 16.7. The third-order valence-electron chi connectivity index (χ3n) is 4.97. The Hall–Kier alpha value is -2.63. The van der Waals surface area contributed by atoms with E-state index in [0.717, 1.165) is 48.6 Å². The van der Waals surface area contributed by atoms with Crippen LogP contribution in [0.3, 0.4) is 0 Å². The number of aryl methyl sites for hydroxylation is 2. The zero-order valence-electron chi connectivity index (χ0n) is 18.8. The molecule has 0 aliphatic carbocycles. The first-order valence-electron chi connectivity index (χ1n) is 11.2. The second kappa shape index (κ2) is 12.3. The van der Waals surface area contributed by atoms with E-state index in [2.05, 4.69) is 24.0 Å². The molecule has 1 aromatic heterocycles. The average molecular weight is 424 g/mol. The quantitative estimate of drug-likeness (QED) is 0.316. The second-order valence-electron chi connectivity index (χ2n) is 7.42. The van der Waals surface area contributed by atoms with Gasteiger partial charge in [-0.1, -0.05) is 37.3 Å². The van der Waals surface area contributed by atoms with Gasteiger partial charge in [-0.15, -0.1) is 0 Å². The molecule has 0 aliphatic heterocycles. The Balaban J connectivity index is 1.46. The zero-order valence-corrected chi connectivity index (χ0v) is 18.8. The Morgan fingerprint density at radius 3 is 2.39 bits per heavy atom. The molecule has 0 bridgehead atoms. The molecule has 0 saturated heterocycles. The fraction of sp³-hybridized carbons (Fsp3) is 0.423. The van der Waals surface area contributed by atoms with Gasteiger partial charge in [-0.05, 0) is 56.5 Å². The summed E-state index contributed by atoms with van der Waals surface area (Å²) >= 11 is 0. The molecule has 2 aromatic carbocycles. The molecule has 1 heterocycles. The summed E-state index contributed by atoms with van der Waals surface area (Å²) in [5.74, 6) is 2.36. The van der Waals surface area contributed by atoms with E-state index in [9.17, 15) is 0 Å². The molecule has 3 aromatic rings. The van der Waals surface area contributed by atoms with E-state index in [1.165, 1.54) is 5.56 Å². The van der Waals surface area contributed by atoms with Crippen LogP contribution in [0.1, 0.15) is 43.7 Å². The van der Waals surface area contributed by atoms with Crippen molar-refractivity contribution in [2.75, 3.05) is 19.8 Å². The Kier molecular flexibility index (Phi) is 9.13. The summed E-state index contributed by atoms with van der Waals surface area (Å²) in [4.78, 5) is 4.63.